The molecule has 0 aliphatic carbocycles. The molecule has 0 fully saturated rings. The number of ether oxygens (including phenoxy) is 1. The average molecular weight is 308 g/mol. The standard InChI is InChI=1S/C16H22ClN3O/c1-4-18-14(10-12-8-6-7-9-13(12)17)16-15(21-3)11-19-20(16)5-2/h6-9,11,14,18H,4-5,10H2,1-3H3. The minimum absolute atomic E-state index is 0.118. The van der Waals surface area contributed by atoms with Crippen LogP contribution in [0.15, 0.2) is 30.5 Å². The Morgan fingerprint density at radius 3 is 2.71 bits per heavy atom. The van der Waals surface area contributed by atoms with Crippen LogP contribution in [0.1, 0.15) is 31.1 Å². The highest BCUT2D eigenvalue weighted by molar-refractivity contribution is 6.31. The number of aryl methyl sites for hydroxylation is 1. The molecule has 1 aromatic heterocycles. The molecule has 1 atom stereocenters. The summed E-state index contributed by atoms with van der Waals surface area (Å²) in [7, 11) is 1.68. The Morgan fingerprint density at radius 1 is 1.33 bits per heavy atom. The molecule has 4 nitrogen and oxygen atoms in total. The average Bonchev–Trinajstić information content (AvgIpc) is 2.91. The zero-order valence-corrected chi connectivity index (χ0v) is 13.5. The van der Waals surface area contributed by atoms with Crippen molar-refractivity contribution < 1.29 is 4.74 Å². The number of methoxy groups -OCH3 is 1. The number of nitrogens with one attached hydrogen (secondary N) is 1. The van der Waals surface area contributed by atoms with Crippen molar-refractivity contribution in [3.63, 3.8) is 0 Å². The third-order valence-electron chi connectivity index (χ3n) is 3.53. The molecule has 1 heterocycles. The van der Waals surface area contributed by atoms with Crippen molar-refractivity contribution in [3.05, 3.63) is 46.7 Å². The minimum Gasteiger partial charge on any atom is -0.493 e. The van der Waals surface area contributed by atoms with E-state index >= 15 is 0 Å². The summed E-state index contributed by atoms with van der Waals surface area (Å²) in [6.07, 6.45) is 2.57. The van der Waals surface area contributed by atoms with E-state index < -0.39 is 0 Å². The van der Waals surface area contributed by atoms with Gasteiger partial charge >= 0.3 is 0 Å². The lowest BCUT2D eigenvalue weighted by atomic mass is 10.0. The molecule has 0 saturated heterocycles. The van der Waals surface area contributed by atoms with Crippen molar-refractivity contribution in [2.24, 2.45) is 0 Å². The molecule has 114 valence electrons. The van der Waals surface area contributed by atoms with Gasteiger partial charge in [0, 0.05) is 11.6 Å². The van der Waals surface area contributed by atoms with E-state index in [-0.39, 0.29) is 6.04 Å². The van der Waals surface area contributed by atoms with Gasteiger partial charge < -0.3 is 10.1 Å². The fraction of sp³-hybridized carbons (Fsp3) is 0.438. The second-order valence-corrected chi connectivity index (χ2v) is 5.23. The number of hydrogen-bond acceptors (Lipinski definition) is 3. The SMILES string of the molecule is CCNC(Cc1ccccc1Cl)c1c(OC)cnn1CC. The van der Waals surface area contributed by atoms with Gasteiger partial charge in [-0.1, -0.05) is 36.7 Å². The summed E-state index contributed by atoms with van der Waals surface area (Å²) in [6.45, 7) is 5.85. The highest BCUT2D eigenvalue weighted by atomic mass is 35.5. The summed E-state index contributed by atoms with van der Waals surface area (Å²) in [5, 5.41) is 8.70. The van der Waals surface area contributed by atoms with Gasteiger partial charge in [0.05, 0.1) is 25.0 Å². The van der Waals surface area contributed by atoms with Gasteiger partial charge in [-0.2, -0.15) is 5.10 Å². The monoisotopic (exact) mass is 307 g/mol. The maximum atomic E-state index is 6.30. The van der Waals surface area contributed by atoms with Crippen LogP contribution in [-0.4, -0.2) is 23.4 Å². The van der Waals surface area contributed by atoms with Crippen LogP contribution in [0.2, 0.25) is 5.02 Å². The number of aromatic nitrogens is 2. The summed E-state index contributed by atoms with van der Waals surface area (Å²) in [4.78, 5) is 0. The first kappa shape index (κ1) is 15.9. The number of likely N-dealkylation sites (N-methyl/N-ethyl adjacent to an activating group) is 1. The zero-order valence-electron chi connectivity index (χ0n) is 12.8. The minimum atomic E-state index is 0.118. The first-order valence-corrected chi connectivity index (χ1v) is 7.65. The van der Waals surface area contributed by atoms with Crippen LogP contribution in [0.5, 0.6) is 5.75 Å². The van der Waals surface area contributed by atoms with Gasteiger partial charge in [0.25, 0.3) is 0 Å². The third kappa shape index (κ3) is 3.57. The molecule has 0 bridgehead atoms. The second kappa shape index (κ2) is 7.48. The van der Waals surface area contributed by atoms with Crippen LogP contribution in [-0.2, 0) is 13.0 Å². The molecule has 0 amide bonds. The maximum absolute atomic E-state index is 6.30. The molecule has 5 heteroatoms. The first-order chi connectivity index (χ1) is 10.2. The van der Waals surface area contributed by atoms with E-state index in [9.17, 15) is 0 Å². The van der Waals surface area contributed by atoms with Crippen molar-refractivity contribution >= 4 is 11.6 Å². The Morgan fingerprint density at radius 2 is 2.10 bits per heavy atom. The highest BCUT2D eigenvalue weighted by Gasteiger charge is 2.22. The number of nitrogens with zero attached hydrogens (tertiary/aromatic N) is 2. The third-order valence-corrected chi connectivity index (χ3v) is 3.90. The maximum Gasteiger partial charge on any atom is 0.161 e. The van der Waals surface area contributed by atoms with Gasteiger partial charge in [-0.3, -0.25) is 4.68 Å². The Bertz CT molecular complexity index is 561. The Labute approximate surface area is 131 Å². The summed E-state index contributed by atoms with van der Waals surface area (Å²) in [5.74, 6) is 0.815. The fourth-order valence-corrected chi connectivity index (χ4v) is 2.75. The molecular weight excluding hydrogens is 286 g/mol. The van der Waals surface area contributed by atoms with Crippen molar-refractivity contribution in [2.75, 3.05) is 13.7 Å². The first-order valence-electron chi connectivity index (χ1n) is 7.27. The summed E-state index contributed by atoms with van der Waals surface area (Å²) in [6, 6.07) is 8.07. The molecule has 1 aromatic carbocycles. The second-order valence-electron chi connectivity index (χ2n) is 4.82. The highest BCUT2D eigenvalue weighted by Crippen LogP contribution is 2.29. The van der Waals surface area contributed by atoms with E-state index in [0.717, 1.165) is 41.5 Å². The van der Waals surface area contributed by atoms with Crippen LogP contribution in [0.25, 0.3) is 0 Å². The van der Waals surface area contributed by atoms with E-state index in [0.29, 0.717) is 0 Å². The van der Waals surface area contributed by atoms with E-state index in [1.54, 1.807) is 13.3 Å². The lowest BCUT2D eigenvalue weighted by Gasteiger charge is -2.21. The van der Waals surface area contributed by atoms with Gasteiger partial charge in [-0.15, -0.1) is 0 Å². The van der Waals surface area contributed by atoms with Gasteiger partial charge in [0.2, 0.25) is 0 Å². The predicted molar refractivity (Wildman–Crippen MR) is 86.0 cm³/mol. The molecule has 2 aromatic rings. The molecule has 1 unspecified atom stereocenters. The summed E-state index contributed by atoms with van der Waals surface area (Å²) in [5.41, 5.74) is 2.19. The van der Waals surface area contributed by atoms with E-state index in [1.165, 1.54) is 0 Å². The van der Waals surface area contributed by atoms with E-state index in [4.69, 9.17) is 16.3 Å². The van der Waals surface area contributed by atoms with Crippen molar-refractivity contribution in [1.82, 2.24) is 15.1 Å². The quantitative estimate of drug-likeness (QED) is 0.851. The van der Waals surface area contributed by atoms with E-state index in [2.05, 4.69) is 30.3 Å². The molecular formula is C16H22ClN3O. The number of halogens is 1. The summed E-state index contributed by atoms with van der Waals surface area (Å²) >= 11 is 6.30. The normalized spacial score (nSPS) is 12.4. The number of hydrogen-bond donors (Lipinski definition) is 1. The molecule has 2 rings (SSSR count). The van der Waals surface area contributed by atoms with E-state index in [1.807, 2.05) is 22.9 Å². The molecule has 0 aliphatic rings. The van der Waals surface area contributed by atoms with Crippen LogP contribution in [0.3, 0.4) is 0 Å². The summed E-state index contributed by atoms with van der Waals surface area (Å²) < 4.78 is 7.44. The molecule has 21 heavy (non-hydrogen) atoms. The van der Waals surface area contributed by atoms with Gasteiger partial charge in [0.1, 0.15) is 0 Å². The van der Waals surface area contributed by atoms with Crippen LogP contribution >= 0.6 is 11.6 Å². The van der Waals surface area contributed by atoms with Crippen molar-refractivity contribution in [3.8, 4) is 5.75 Å². The number of rotatable bonds is 7. The van der Waals surface area contributed by atoms with Crippen molar-refractivity contribution in [2.45, 2.75) is 32.9 Å². The molecule has 0 radical (unpaired) electrons. The molecule has 0 aliphatic heterocycles. The smallest absolute Gasteiger partial charge is 0.161 e. The lowest BCUT2D eigenvalue weighted by molar-refractivity contribution is 0.391. The molecule has 1 N–H and O–H groups in total. The zero-order chi connectivity index (χ0) is 15.2. The lowest BCUT2D eigenvalue weighted by Crippen LogP contribution is -2.26. The van der Waals surface area contributed by atoms with Gasteiger partial charge in [-0.25, -0.2) is 0 Å². The number of benzene rings is 1. The predicted octanol–water partition coefficient (Wildman–Crippen LogP) is 3.46. The van der Waals surface area contributed by atoms with Crippen molar-refractivity contribution in [1.29, 1.82) is 0 Å². The Balaban J connectivity index is 2.35. The van der Waals surface area contributed by atoms with Crippen LogP contribution in [0, 0.1) is 0 Å². The Kier molecular flexibility index (Phi) is 5.65. The van der Waals surface area contributed by atoms with Crippen LogP contribution < -0.4 is 10.1 Å². The molecule has 0 spiro atoms. The van der Waals surface area contributed by atoms with Crippen LogP contribution in [0.4, 0.5) is 0 Å². The largest absolute Gasteiger partial charge is 0.493 e. The van der Waals surface area contributed by atoms with Gasteiger partial charge in [-0.05, 0) is 31.5 Å². The van der Waals surface area contributed by atoms with Gasteiger partial charge in [0.15, 0.2) is 5.75 Å². The fourth-order valence-electron chi connectivity index (χ4n) is 2.53. The Hall–Kier alpha value is -1.52. The topological polar surface area (TPSA) is 39.1 Å². The molecule has 0 saturated carbocycles.